The molecule has 0 saturated heterocycles. The number of benzene rings is 2. The van der Waals surface area contributed by atoms with Crippen LogP contribution in [0.3, 0.4) is 0 Å². The highest BCUT2D eigenvalue weighted by Crippen LogP contribution is 2.29. The maximum Gasteiger partial charge on any atom is 0.242 e. The summed E-state index contributed by atoms with van der Waals surface area (Å²) < 4.78 is 28.4. The first kappa shape index (κ1) is 13.3. The molecule has 0 spiro atoms. The van der Waals surface area contributed by atoms with Crippen LogP contribution >= 0.6 is 11.3 Å². The van der Waals surface area contributed by atoms with E-state index in [1.165, 1.54) is 11.3 Å². The zero-order chi connectivity index (χ0) is 14.0. The minimum atomic E-state index is -3.48. The van der Waals surface area contributed by atoms with Crippen molar-refractivity contribution >= 4 is 31.4 Å². The molecule has 3 nitrogen and oxygen atoms in total. The summed E-state index contributed by atoms with van der Waals surface area (Å²) in [4.78, 5) is 0.356. The molecular formula is C15H13NO2S2. The number of fused-ring (bicyclic) bond motifs is 1. The van der Waals surface area contributed by atoms with E-state index in [-0.39, 0.29) is 0 Å². The summed E-state index contributed by atoms with van der Waals surface area (Å²) in [5.74, 6) is 0. The number of thiophene rings is 1. The molecule has 0 radical (unpaired) electrons. The molecule has 1 N–H and O–H groups in total. The Kier molecular flexibility index (Phi) is 3.56. The Hall–Kier alpha value is -1.69. The van der Waals surface area contributed by atoms with E-state index >= 15 is 0 Å². The normalized spacial score (nSPS) is 11.8. The van der Waals surface area contributed by atoms with Gasteiger partial charge in [0, 0.05) is 22.0 Å². The summed E-state index contributed by atoms with van der Waals surface area (Å²) >= 11 is 1.44. The Morgan fingerprint density at radius 1 is 0.950 bits per heavy atom. The Labute approximate surface area is 121 Å². The van der Waals surface area contributed by atoms with Crippen LogP contribution in [0.25, 0.3) is 10.1 Å². The highest BCUT2D eigenvalue weighted by Gasteiger charge is 2.18. The average molecular weight is 303 g/mol. The molecule has 0 unspecified atom stereocenters. The van der Waals surface area contributed by atoms with E-state index in [0.717, 1.165) is 15.6 Å². The van der Waals surface area contributed by atoms with Gasteiger partial charge in [0.25, 0.3) is 0 Å². The van der Waals surface area contributed by atoms with E-state index in [9.17, 15) is 8.42 Å². The molecule has 0 aliphatic carbocycles. The van der Waals surface area contributed by atoms with Gasteiger partial charge in [-0.2, -0.15) is 0 Å². The molecule has 20 heavy (non-hydrogen) atoms. The van der Waals surface area contributed by atoms with Crippen molar-refractivity contribution in [3.8, 4) is 0 Å². The average Bonchev–Trinajstić information content (AvgIpc) is 2.91. The molecule has 0 atom stereocenters. The Balaban J connectivity index is 1.89. The van der Waals surface area contributed by atoms with Crippen molar-refractivity contribution in [3.63, 3.8) is 0 Å². The van der Waals surface area contributed by atoms with Crippen LogP contribution < -0.4 is 4.72 Å². The molecule has 1 aromatic heterocycles. The Morgan fingerprint density at radius 2 is 1.65 bits per heavy atom. The second-order valence-corrected chi connectivity index (χ2v) is 7.05. The zero-order valence-corrected chi connectivity index (χ0v) is 12.2. The molecule has 0 aliphatic heterocycles. The van der Waals surface area contributed by atoms with Gasteiger partial charge < -0.3 is 0 Å². The molecule has 3 aromatic rings. The molecule has 0 bridgehead atoms. The van der Waals surface area contributed by atoms with Gasteiger partial charge in [0.1, 0.15) is 4.90 Å². The fourth-order valence-electron chi connectivity index (χ4n) is 2.01. The highest BCUT2D eigenvalue weighted by molar-refractivity contribution is 7.89. The highest BCUT2D eigenvalue weighted by atomic mass is 32.2. The number of hydrogen-bond donors (Lipinski definition) is 1. The number of sulfonamides is 1. The second kappa shape index (κ2) is 5.36. The van der Waals surface area contributed by atoms with Crippen LogP contribution in [0.1, 0.15) is 5.56 Å². The first-order chi connectivity index (χ1) is 9.67. The zero-order valence-electron chi connectivity index (χ0n) is 10.6. The molecule has 2 aromatic carbocycles. The van der Waals surface area contributed by atoms with E-state index in [0.29, 0.717) is 11.4 Å². The number of rotatable bonds is 4. The van der Waals surface area contributed by atoms with Gasteiger partial charge in [0.15, 0.2) is 0 Å². The lowest BCUT2D eigenvalue weighted by atomic mass is 10.2. The van der Waals surface area contributed by atoms with Gasteiger partial charge in [0.05, 0.1) is 0 Å². The lowest BCUT2D eigenvalue weighted by molar-refractivity contribution is 0.582. The molecule has 0 saturated carbocycles. The number of hydrogen-bond acceptors (Lipinski definition) is 3. The molecule has 0 fully saturated rings. The molecular weight excluding hydrogens is 290 g/mol. The van der Waals surface area contributed by atoms with Gasteiger partial charge in [-0.1, -0.05) is 48.5 Å². The summed E-state index contributed by atoms with van der Waals surface area (Å²) in [5.41, 5.74) is 0.940. The summed E-state index contributed by atoms with van der Waals surface area (Å²) in [6.45, 7) is 0.299. The van der Waals surface area contributed by atoms with Crippen LogP contribution in [-0.2, 0) is 16.6 Å². The van der Waals surface area contributed by atoms with Crippen molar-refractivity contribution in [2.45, 2.75) is 11.4 Å². The number of nitrogens with one attached hydrogen (secondary N) is 1. The SMILES string of the molecule is O=S(=O)(NCc1ccccc1)c1csc2ccccc12. The first-order valence-electron chi connectivity index (χ1n) is 6.17. The fraction of sp³-hybridized carbons (Fsp3) is 0.0667. The van der Waals surface area contributed by atoms with E-state index < -0.39 is 10.0 Å². The van der Waals surface area contributed by atoms with Crippen molar-refractivity contribution in [2.75, 3.05) is 0 Å². The van der Waals surface area contributed by atoms with E-state index in [2.05, 4.69) is 4.72 Å². The monoisotopic (exact) mass is 303 g/mol. The lowest BCUT2D eigenvalue weighted by Crippen LogP contribution is -2.22. The van der Waals surface area contributed by atoms with Crippen molar-refractivity contribution < 1.29 is 8.42 Å². The minimum absolute atomic E-state index is 0.299. The smallest absolute Gasteiger partial charge is 0.207 e. The van der Waals surface area contributed by atoms with Crippen LogP contribution in [0, 0.1) is 0 Å². The van der Waals surface area contributed by atoms with Gasteiger partial charge in [-0.15, -0.1) is 11.3 Å². The van der Waals surface area contributed by atoms with Gasteiger partial charge in [-0.3, -0.25) is 0 Å². The van der Waals surface area contributed by atoms with E-state index in [1.807, 2.05) is 54.6 Å². The van der Waals surface area contributed by atoms with Crippen molar-refractivity contribution in [2.24, 2.45) is 0 Å². The van der Waals surface area contributed by atoms with Crippen LogP contribution in [0.5, 0.6) is 0 Å². The van der Waals surface area contributed by atoms with Crippen LogP contribution in [0.4, 0.5) is 0 Å². The first-order valence-corrected chi connectivity index (χ1v) is 8.53. The third-order valence-corrected chi connectivity index (χ3v) is 5.60. The molecule has 3 rings (SSSR count). The largest absolute Gasteiger partial charge is 0.242 e. The maximum atomic E-state index is 12.4. The summed E-state index contributed by atoms with van der Waals surface area (Å²) in [6, 6.07) is 17.0. The van der Waals surface area contributed by atoms with Crippen LogP contribution in [-0.4, -0.2) is 8.42 Å². The third kappa shape index (κ3) is 2.60. The van der Waals surface area contributed by atoms with Gasteiger partial charge in [-0.05, 0) is 11.6 Å². The second-order valence-electron chi connectivity index (χ2n) is 4.41. The third-order valence-electron chi connectivity index (χ3n) is 3.04. The van der Waals surface area contributed by atoms with Crippen LogP contribution in [0.2, 0.25) is 0 Å². The van der Waals surface area contributed by atoms with Gasteiger partial charge in [0.2, 0.25) is 10.0 Å². The Morgan fingerprint density at radius 3 is 2.45 bits per heavy atom. The van der Waals surface area contributed by atoms with Crippen LogP contribution in [0.15, 0.2) is 64.9 Å². The maximum absolute atomic E-state index is 12.4. The molecule has 5 heteroatoms. The van der Waals surface area contributed by atoms with Crippen molar-refractivity contribution in [1.82, 2.24) is 4.72 Å². The molecule has 102 valence electrons. The minimum Gasteiger partial charge on any atom is -0.207 e. The fourth-order valence-corrected chi connectivity index (χ4v) is 4.53. The van der Waals surface area contributed by atoms with E-state index in [1.54, 1.807) is 5.38 Å². The summed E-state index contributed by atoms with van der Waals surface area (Å²) in [6.07, 6.45) is 0. The topological polar surface area (TPSA) is 46.2 Å². The molecule has 0 amide bonds. The molecule has 0 aliphatic rings. The van der Waals surface area contributed by atoms with E-state index in [4.69, 9.17) is 0 Å². The van der Waals surface area contributed by atoms with Gasteiger partial charge >= 0.3 is 0 Å². The van der Waals surface area contributed by atoms with Gasteiger partial charge in [-0.25, -0.2) is 13.1 Å². The van der Waals surface area contributed by atoms with Crippen molar-refractivity contribution in [1.29, 1.82) is 0 Å². The predicted molar refractivity (Wildman–Crippen MR) is 82.3 cm³/mol. The summed E-state index contributed by atoms with van der Waals surface area (Å²) in [5, 5.41) is 2.47. The van der Waals surface area contributed by atoms with Crippen molar-refractivity contribution in [3.05, 3.63) is 65.5 Å². The standard InChI is InChI=1S/C15H13NO2S2/c17-20(18,16-10-12-6-2-1-3-7-12)15-11-19-14-9-5-4-8-13(14)15/h1-9,11,16H,10H2. The predicted octanol–water partition coefficient (Wildman–Crippen LogP) is 3.38. The Bertz CT molecular complexity index is 823. The quantitative estimate of drug-likeness (QED) is 0.803. The lowest BCUT2D eigenvalue weighted by Gasteiger charge is -2.06. The summed E-state index contributed by atoms with van der Waals surface area (Å²) in [7, 11) is -3.48. The molecule has 1 heterocycles.